The average molecular weight is 362 g/mol. The third-order valence-corrected chi connectivity index (χ3v) is 4.00. The zero-order valence-electron chi connectivity index (χ0n) is 16.9. The van der Waals surface area contributed by atoms with E-state index in [2.05, 4.69) is 45.3 Å². The average Bonchev–Trinajstić information content (AvgIpc) is 3.25. The highest BCUT2D eigenvalue weighted by atomic mass is 16.5. The first kappa shape index (κ1) is 22.2. The molecule has 1 aliphatic rings. The molecule has 1 aliphatic heterocycles. The highest BCUT2D eigenvalue weighted by Gasteiger charge is 2.16. The molecule has 5 heteroatoms. The molecule has 0 amide bonds. The lowest BCUT2D eigenvalue weighted by molar-refractivity contribution is 0.103. The monoisotopic (exact) mass is 361 g/mol. The smallest absolute Gasteiger partial charge is 0.124 e. The standard InChI is InChI=1S/C17H23N3O2.2C2H6/c1-2-5-17(6-3-1)20-11-9-19(10-12-20)8-4-13-21-15-16-7-14-22-18-16;2*1-2/h1-3,5-7,14H,4,8-13,15H2;2*1-2H3. The van der Waals surface area contributed by atoms with Crippen LogP contribution in [0.4, 0.5) is 5.69 Å². The van der Waals surface area contributed by atoms with Crippen molar-refractivity contribution in [3.8, 4) is 0 Å². The predicted molar refractivity (Wildman–Crippen MR) is 109 cm³/mol. The molecule has 2 aromatic rings. The van der Waals surface area contributed by atoms with E-state index >= 15 is 0 Å². The summed E-state index contributed by atoms with van der Waals surface area (Å²) in [6, 6.07) is 12.5. The van der Waals surface area contributed by atoms with Crippen molar-refractivity contribution in [3.05, 3.63) is 48.4 Å². The van der Waals surface area contributed by atoms with Gasteiger partial charge in [-0.1, -0.05) is 51.1 Å². The van der Waals surface area contributed by atoms with Crippen molar-refractivity contribution in [1.82, 2.24) is 10.1 Å². The van der Waals surface area contributed by atoms with Gasteiger partial charge in [-0.2, -0.15) is 0 Å². The number of hydrogen-bond acceptors (Lipinski definition) is 5. The van der Waals surface area contributed by atoms with Gasteiger partial charge in [-0.3, -0.25) is 4.90 Å². The number of ether oxygens (including phenoxy) is 1. The van der Waals surface area contributed by atoms with Gasteiger partial charge in [0, 0.05) is 51.1 Å². The fourth-order valence-electron chi connectivity index (χ4n) is 2.75. The summed E-state index contributed by atoms with van der Waals surface area (Å²) in [6.07, 6.45) is 2.63. The normalized spacial score (nSPS) is 14.1. The summed E-state index contributed by atoms with van der Waals surface area (Å²) in [5, 5.41) is 3.82. The van der Waals surface area contributed by atoms with E-state index in [9.17, 15) is 0 Å². The topological polar surface area (TPSA) is 41.7 Å². The SMILES string of the molecule is CC.CC.c1ccc(N2CCN(CCCOCc3ccon3)CC2)cc1. The van der Waals surface area contributed by atoms with Gasteiger partial charge in [0.15, 0.2) is 0 Å². The minimum atomic E-state index is 0.540. The summed E-state index contributed by atoms with van der Waals surface area (Å²) < 4.78 is 10.4. The van der Waals surface area contributed by atoms with E-state index in [0.717, 1.165) is 51.4 Å². The van der Waals surface area contributed by atoms with Gasteiger partial charge in [0.05, 0.1) is 6.61 Å². The molecule has 0 atom stereocenters. The van der Waals surface area contributed by atoms with Gasteiger partial charge in [0.1, 0.15) is 12.0 Å². The van der Waals surface area contributed by atoms with Crippen LogP contribution in [0.1, 0.15) is 39.8 Å². The second kappa shape index (κ2) is 14.3. The summed E-state index contributed by atoms with van der Waals surface area (Å²) in [7, 11) is 0. The Balaban J connectivity index is 0.000000791. The van der Waals surface area contributed by atoms with E-state index in [0.29, 0.717) is 6.61 Å². The Kier molecular flexibility index (Phi) is 12.2. The quantitative estimate of drug-likeness (QED) is 0.681. The van der Waals surface area contributed by atoms with Crippen LogP contribution >= 0.6 is 0 Å². The Hall–Kier alpha value is -1.85. The van der Waals surface area contributed by atoms with Crippen LogP contribution < -0.4 is 4.90 Å². The highest BCUT2D eigenvalue weighted by molar-refractivity contribution is 5.46. The van der Waals surface area contributed by atoms with Crippen molar-refractivity contribution < 1.29 is 9.26 Å². The third-order valence-electron chi connectivity index (χ3n) is 4.00. The molecule has 0 radical (unpaired) electrons. The van der Waals surface area contributed by atoms with Crippen molar-refractivity contribution in [1.29, 1.82) is 0 Å². The molecule has 1 aromatic heterocycles. The lowest BCUT2D eigenvalue weighted by Gasteiger charge is -2.36. The summed E-state index contributed by atoms with van der Waals surface area (Å²) in [5.74, 6) is 0. The van der Waals surface area contributed by atoms with Gasteiger partial charge in [-0.25, -0.2) is 0 Å². The van der Waals surface area contributed by atoms with Crippen molar-refractivity contribution >= 4 is 5.69 Å². The van der Waals surface area contributed by atoms with Crippen LogP contribution in [0.15, 0.2) is 47.2 Å². The first-order valence-electron chi connectivity index (χ1n) is 9.91. The molecule has 26 heavy (non-hydrogen) atoms. The number of benzene rings is 1. The summed E-state index contributed by atoms with van der Waals surface area (Å²) in [6.45, 7) is 14.9. The maximum atomic E-state index is 5.60. The minimum absolute atomic E-state index is 0.540. The molecule has 1 fully saturated rings. The van der Waals surface area contributed by atoms with Gasteiger partial charge < -0.3 is 14.2 Å². The molecule has 1 saturated heterocycles. The van der Waals surface area contributed by atoms with E-state index in [-0.39, 0.29) is 0 Å². The Morgan fingerprint density at radius 2 is 1.65 bits per heavy atom. The van der Waals surface area contributed by atoms with Gasteiger partial charge in [0.25, 0.3) is 0 Å². The largest absolute Gasteiger partial charge is 0.375 e. The molecular formula is C21H35N3O2. The zero-order valence-corrected chi connectivity index (χ0v) is 16.9. The van der Waals surface area contributed by atoms with Crippen LogP contribution in [0, 0.1) is 0 Å². The van der Waals surface area contributed by atoms with E-state index < -0.39 is 0 Å². The van der Waals surface area contributed by atoms with E-state index in [1.165, 1.54) is 5.69 Å². The summed E-state index contributed by atoms with van der Waals surface area (Å²) >= 11 is 0. The maximum absolute atomic E-state index is 5.60. The van der Waals surface area contributed by atoms with Crippen molar-refractivity contribution in [2.75, 3.05) is 44.2 Å². The number of nitrogens with zero attached hydrogens (tertiary/aromatic N) is 3. The molecule has 1 aromatic carbocycles. The molecule has 146 valence electrons. The second-order valence-corrected chi connectivity index (χ2v) is 5.56. The third kappa shape index (κ3) is 8.02. The molecule has 0 spiro atoms. The van der Waals surface area contributed by atoms with Crippen LogP contribution in [0.2, 0.25) is 0 Å². The van der Waals surface area contributed by atoms with Crippen molar-refractivity contribution in [2.24, 2.45) is 0 Å². The zero-order chi connectivity index (χ0) is 19.0. The minimum Gasteiger partial charge on any atom is -0.375 e. The van der Waals surface area contributed by atoms with Gasteiger partial charge in [-0.15, -0.1) is 0 Å². The molecule has 2 heterocycles. The summed E-state index contributed by atoms with van der Waals surface area (Å²) in [5.41, 5.74) is 2.19. The fourth-order valence-corrected chi connectivity index (χ4v) is 2.75. The van der Waals surface area contributed by atoms with Gasteiger partial charge in [0.2, 0.25) is 0 Å². The van der Waals surface area contributed by atoms with Crippen molar-refractivity contribution in [3.63, 3.8) is 0 Å². The van der Waals surface area contributed by atoms with Crippen LogP contribution in [-0.2, 0) is 11.3 Å². The van der Waals surface area contributed by atoms with Crippen LogP contribution in [0.5, 0.6) is 0 Å². The Morgan fingerprint density at radius 1 is 0.962 bits per heavy atom. The van der Waals surface area contributed by atoms with E-state index in [4.69, 9.17) is 9.26 Å². The molecule has 3 rings (SSSR count). The summed E-state index contributed by atoms with van der Waals surface area (Å²) in [4.78, 5) is 4.97. The number of para-hydroxylation sites is 1. The fraction of sp³-hybridized carbons (Fsp3) is 0.571. The molecular weight excluding hydrogens is 326 g/mol. The predicted octanol–water partition coefficient (Wildman–Crippen LogP) is 4.46. The molecule has 5 nitrogen and oxygen atoms in total. The first-order valence-corrected chi connectivity index (χ1v) is 9.91. The lowest BCUT2D eigenvalue weighted by Crippen LogP contribution is -2.46. The van der Waals surface area contributed by atoms with Crippen LogP contribution in [-0.4, -0.2) is 49.4 Å². The Bertz CT molecular complexity index is 523. The highest BCUT2D eigenvalue weighted by Crippen LogP contribution is 2.15. The molecule has 0 N–H and O–H groups in total. The first-order chi connectivity index (χ1) is 12.9. The molecule has 0 saturated carbocycles. The molecule has 0 aliphatic carbocycles. The van der Waals surface area contributed by atoms with E-state index in [1.807, 2.05) is 33.8 Å². The lowest BCUT2D eigenvalue weighted by atomic mass is 10.2. The Labute approximate surface area is 158 Å². The van der Waals surface area contributed by atoms with Crippen molar-refractivity contribution in [2.45, 2.75) is 40.7 Å². The van der Waals surface area contributed by atoms with Crippen LogP contribution in [0.25, 0.3) is 0 Å². The van der Waals surface area contributed by atoms with E-state index in [1.54, 1.807) is 6.26 Å². The van der Waals surface area contributed by atoms with Crippen LogP contribution in [0.3, 0.4) is 0 Å². The number of hydrogen-bond donors (Lipinski definition) is 0. The molecule has 0 unspecified atom stereocenters. The molecule has 0 bridgehead atoms. The number of rotatable bonds is 7. The van der Waals surface area contributed by atoms with Gasteiger partial charge >= 0.3 is 0 Å². The van der Waals surface area contributed by atoms with Gasteiger partial charge in [-0.05, 0) is 18.6 Å². The second-order valence-electron chi connectivity index (χ2n) is 5.56. The maximum Gasteiger partial charge on any atom is 0.124 e. The number of aromatic nitrogens is 1. The Morgan fingerprint density at radius 3 is 2.27 bits per heavy atom. The number of piperazine rings is 1. The number of anilines is 1.